The fraction of sp³-hybridized carbons (Fsp3) is 0.143. The number of carbonyl (C=O) groups excluding carboxylic acids is 1. The van der Waals surface area contributed by atoms with E-state index in [0.29, 0.717) is 18.2 Å². The van der Waals surface area contributed by atoms with Crippen molar-refractivity contribution >= 4 is 12.0 Å². The zero-order valence-corrected chi connectivity index (χ0v) is 19.2. The van der Waals surface area contributed by atoms with Crippen LogP contribution in [0.25, 0.3) is 6.08 Å². The Morgan fingerprint density at radius 2 is 1.85 bits per heavy atom. The van der Waals surface area contributed by atoms with Crippen molar-refractivity contribution in [1.29, 1.82) is 0 Å². The predicted octanol–water partition coefficient (Wildman–Crippen LogP) is 4.93. The van der Waals surface area contributed by atoms with Crippen LogP contribution in [0.15, 0.2) is 97.3 Å². The number of benzene rings is 3. The summed E-state index contributed by atoms with van der Waals surface area (Å²) < 4.78 is 13.3. The molecule has 0 aliphatic carbocycles. The second kappa shape index (κ2) is 11.0. The highest BCUT2D eigenvalue weighted by atomic mass is 16.5. The summed E-state index contributed by atoms with van der Waals surface area (Å²) in [6.45, 7) is 0.485. The van der Waals surface area contributed by atoms with Gasteiger partial charge in [0.05, 0.1) is 7.11 Å². The maximum Gasteiger partial charge on any atom is 0.244 e. The van der Waals surface area contributed by atoms with Gasteiger partial charge in [0.1, 0.15) is 30.0 Å². The summed E-state index contributed by atoms with van der Waals surface area (Å²) >= 11 is 0. The number of imidazole rings is 1. The number of aryl methyl sites for hydroxylation is 1. The number of methoxy groups -OCH3 is 1. The molecule has 0 spiro atoms. The van der Waals surface area contributed by atoms with E-state index in [9.17, 15) is 4.79 Å². The maximum absolute atomic E-state index is 12.9. The Bertz CT molecular complexity index is 1260. The molecule has 6 heteroatoms. The number of carbonyl (C=O) groups is 1. The van der Waals surface area contributed by atoms with Gasteiger partial charge in [-0.05, 0) is 35.4 Å². The van der Waals surface area contributed by atoms with E-state index in [0.717, 1.165) is 22.4 Å². The number of hydrogen-bond donors (Lipinski definition) is 1. The minimum Gasteiger partial charge on any atom is -0.496 e. The normalized spacial score (nSPS) is 11.8. The zero-order chi connectivity index (χ0) is 23.8. The van der Waals surface area contributed by atoms with Crippen LogP contribution in [-0.2, 0) is 18.4 Å². The Morgan fingerprint density at radius 3 is 2.62 bits per heavy atom. The molecule has 0 aliphatic heterocycles. The molecule has 0 saturated carbocycles. The number of nitrogens with one attached hydrogen (secondary N) is 1. The van der Waals surface area contributed by atoms with Crippen molar-refractivity contribution in [2.45, 2.75) is 12.6 Å². The largest absolute Gasteiger partial charge is 0.496 e. The maximum atomic E-state index is 12.9. The first-order chi connectivity index (χ1) is 16.6. The lowest BCUT2D eigenvalue weighted by atomic mass is 10.0. The number of aromatic nitrogens is 2. The van der Waals surface area contributed by atoms with E-state index < -0.39 is 6.04 Å². The molecule has 3 aromatic carbocycles. The molecule has 6 nitrogen and oxygen atoms in total. The lowest BCUT2D eigenvalue weighted by Crippen LogP contribution is -2.30. The summed E-state index contributed by atoms with van der Waals surface area (Å²) in [5.41, 5.74) is 2.79. The van der Waals surface area contributed by atoms with Crippen LogP contribution in [0.5, 0.6) is 11.5 Å². The summed E-state index contributed by atoms with van der Waals surface area (Å²) in [5.74, 6) is 1.89. The van der Waals surface area contributed by atoms with Crippen molar-refractivity contribution in [2.24, 2.45) is 7.05 Å². The van der Waals surface area contributed by atoms with Gasteiger partial charge >= 0.3 is 0 Å². The van der Waals surface area contributed by atoms with Gasteiger partial charge in [-0.2, -0.15) is 0 Å². The second-order valence-corrected chi connectivity index (χ2v) is 7.76. The van der Waals surface area contributed by atoms with E-state index in [1.165, 1.54) is 6.08 Å². The molecule has 1 atom stereocenters. The highest BCUT2D eigenvalue weighted by Crippen LogP contribution is 2.29. The number of amides is 1. The molecule has 1 heterocycles. The first-order valence-electron chi connectivity index (χ1n) is 11.0. The number of ether oxygens (including phenoxy) is 2. The molecule has 0 fully saturated rings. The summed E-state index contributed by atoms with van der Waals surface area (Å²) in [5, 5.41) is 3.06. The molecule has 0 bridgehead atoms. The van der Waals surface area contributed by atoms with E-state index in [1.54, 1.807) is 19.4 Å². The van der Waals surface area contributed by atoms with Crippen molar-refractivity contribution in [2.75, 3.05) is 7.11 Å². The monoisotopic (exact) mass is 453 g/mol. The Hall–Kier alpha value is -4.32. The highest BCUT2D eigenvalue weighted by Gasteiger charge is 2.23. The molecular weight excluding hydrogens is 426 g/mol. The third-order valence-corrected chi connectivity index (χ3v) is 5.39. The van der Waals surface area contributed by atoms with Crippen LogP contribution in [0.2, 0.25) is 0 Å². The average molecular weight is 454 g/mol. The molecule has 0 aliphatic rings. The molecule has 1 N–H and O–H groups in total. The van der Waals surface area contributed by atoms with Crippen LogP contribution in [-0.4, -0.2) is 22.6 Å². The van der Waals surface area contributed by atoms with E-state index in [4.69, 9.17) is 9.47 Å². The van der Waals surface area contributed by atoms with Crippen LogP contribution in [0.1, 0.15) is 28.6 Å². The first-order valence-corrected chi connectivity index (χ1v) is 11.0. The molecule has 34 heavy (non-hydrogen) atoms. The lowest BCUT2D eigenvalue weighted by molar-refractivity contribution is -0.117. The van der Waals surface area contributed by atoms with Gasteiger partial charge in [0.25, 0.3) is 0 Å². The van der Waals surface area contributed by atoms with Gasteiger partial charge in [0, 0.05) is 31.1 Å². The van der Waals surface area contributed by atoms with Gasteiger partial charge in [0.2, 0.25) is 5.91 Å². The predicted molar refractivity (Wildman–Crippen MR) is 132 cm³/mol. The lowest BCUT2D eigenvalue weighted by Gasteiger charge is -2.20. The van der Waals surface area contributed by atoms with Gasteiger partial charge in [0.15, 0.2) is 0 Å². The zero-order valence-electron chi connectivity index (χ0n) is 19.2. The number of para-hydroxylation sites is 1. The van der Waals surface area contributed by atoms with Crippen molar-refractivity contribution in [3.05, 3.63) is 120 Å². The molecule has 0 radical (unpaired) electrons. The van der Waals surface area contributed by atoms with Crippen LogP contribution >= 0.6 is 0 Å². The Kier molecular flexibility index (Phi) is 7.40. The van der Waals surface area contributed by atoms with E-state index in [-0.39, 0.29) is 5.91 Å². The van der Waals surface area contributed by atoms with Crippen molar-refractivity contribution in [3.63, 3.8) is 0 Å². The fourth-order valence-corrected chi connectivity index (χ4v) is 3.65. The van der Waals surface area contributed by atoms with Crippen LogP contribution in [0.3, 0.4) is 0 Å². The van der Waals surface area contributed by atoms with Crippen molar-refractivity contribution in [3.8, 4) is 11.5 Å². The summed E-state index contributed by atoms with van der Waals surface area (Å²) in [4.78, 5) is 17.3. The second-order valence-electron chi connectivity index (χ2n) is 7.76. The Balaban J connectivity index is 1.48. The molecule has 172 valence electrons. The number of rotatable bonds is 9. The summed E-state index contributed by atoms with van der Waals surface area (Å²) in [6, 6.07) is 24.8. The van der Waals surface area contributed by atoms with E-state index in [2.05, 4.69) is 10.3 Å². The molecular formula is C28H27N3O3. The van der Waals surface area contributed by atoms with Gasteiger partial charge in [-0.15, -0.1) is 0 Å². The van der Waals surface area contributed by atoms with E-state index in [1.807, 2.05) is 96.7 Å². The quantitative estimate of drug-likeness (QED) is 0.365. The minimum absolute atomic E-state index is 0.241. The number of nitrogens with zero attached hydrogens (tertiary/aromatic N) is 2. The third kappa shape index (κ3) is 5.72. The average Bonchev–Trinajstić information content (AvgIpc) is 3.31. The van der Waals surface area contributed by atoms with E-state index >= 15 is 0 Å². The van der Waals surface area contributed by atoms with Gasteiger partial charge in [-0.3, -0.25) is 4.79 Å². The Labute approximate surface area is 199 Å². The standard InChI is InChI=1S/C28H27N3O3/c1-31-18-17-29-28(31)27(24-13-6-7-14-25(24)33-2)30-26(32)16-15-21-11-8-12-23(19-21)34-20-22-9-4-3-5-10-22/h3-19,27H,20H2,1-2H3,(H,30,32)/b16-15+. The fourth-order valence-electron chi connectivity index (χ4n) is 3.65. The molecule has 4 aromatic rings. The summed E-state index contributed by atoms with van der Waals surface area (Å²) in [6.07, 6.45) is 6.84. The molecule has 1 unspecified atom stereocenters. The van der Waals surface area contributed by atoms with Crippen molar-refractivity contribution in [1.82, 2.24) is 14.9 Å². The van der Waals surface area contributed by atoms with Gasteiger partial charge in [-0.1, -0.05) is 60.7 Å². The molecule has 0 saturated heterocycles. The topological polar surface area (TPSA) is 65.4 Å². The first kappa shape index (κ1) is 22.9. The van der Waals surface area contributed by atoms with Gasteiger partial charge in [-0.25, -0.2) is 4.98 Å². The van der Waals surface area contributed by atoms with Crippen LogP contribution in [0, 0.1) is 0 Å². The smallest absolute Gasteiger partial charge is 0.244 e. The number of hydrogen-bond acceptors (Lipinski definition) is 4. The highest BCUT2D eigenvalue weighted by molar-refractivity contribution is 5.92. The minimum atomic E-state index is -0.464. The molecule has 1 amide bonds. The van der Waals surface area contributed by atoms with Crippen LogP contribution < -0.4 is 14.8 Å². The van der Waals surface area contributed by atoms with Gasteiger partial charge < -0.3 is 19.4 Å². The third-order valence-electron chi connectivity index (χ3n) is 5.39. The van der Waals surface area contributed by atoms with Crippen molar-refractivity contribution < 1.29 is 14.3 Å². The van der Waals surface area contributed by atoms with Crippen LogP contribution in [0.4, 0.5) is 0 Å². The Morgan fingerprint density at radius 1 is 1.06 bits per heavy atom. The summed E-state index contributed by atoms with van der Waals surface area (Å²) in [7, 11) is 3.51. The SMILES string of the molecule is COc1ccccc1C(NC(=O)/C=C/c1cccc(OCc2ccccc2)c1)c1nccn1C. The molecule has 4 rings (SSSR count). The molecule has 1 aromatic heterocycles.